The first-order chi connectivity index (χ1) is 7.32. The summed E-state index contributed by atoms with van der Waals surface area (Å²) in [7, 11) is 1.52. The van der Waals surface area contributed by atoms with Gasteiger partial charge in [0.1, 0.15) is 7.11 Å². The van der Waals surface area contributed by atoms with E-state index < -0.39 is 11.4 Å². The highest BCUT2D eigenvalue weighted by Crippen LogP contribution is 2.70. The Hall–Kier alpha value is -1.06. The maximum atomic E-state index is 11.6. The van der Waals surface area contributed by atoms with E-state index in [1.165, 1.54) is 7.11 Å². The van der Waals surface area contributed by atoms with E-state index in [1.54, 1.807) is 0 Å². The molecule has 4 heteroatoms. The molecule has 16 heavy (non-hydrogen) atoms. The molecule has 0 radical (unpaired) electrons. The monoisotopic (exact) mass is 225 g/mol. The van der Waals surface area contributed by atoms with Crippen molar-refractivity contribution in [2.24, 2.45) is 21.4 Å². The first-order valence-electron chi connectivity index (χ1n) is 5.66. The van der Waals surface area contributed by atoms with Gasteiger partial charge in [-0.15, -0.1) is 0 Å². The number of hydrogen-bond donors (Lipinski definition) is 1. The van der Waals surface area contributed by atoms with Crippen LogP contribution < -0.4 is 0 Å². The molecule has 2 bridgehead atoms. The molecule has 2 saturated carbocycles. The standard InChI is InChI=1S/C12H19NO3/c1-10(2)11(3)5-6-12(10,9(14)15)7-8(11)13-16-4/h5-7H2,1-4H3,(H,14,15)/b13-8-/t11-,12-/m1/s1. The van der Waals surface area contributed by atoms with Gasteiger partial charge in [0.25, 0.3) is 0 Å². The number of carboxylic acid groups (broad SMARTS) is 1. The van der Waals surface area contributed by atoms with Gasteiger partial charge in [-0.25, -0.2) is 0 Å². The lowest BCUT2D eigenvalue weighted by atomic mass is 9.65. The first-order valence-corrected chi connectivity index (χ1v) is 5.66. The number of hydrogen-bond acceptors (Lipinski definition) is 3. The second-order valence-electron chi connectivity index (χ2n) is 5.74. The molecule has 0 aliphatic heterocycles. The lowest BCUT2D eigenvalue weighted by Crippen LogP contribution is -2.40. The highest BCUT2D eigenvalue weighted by molar-refractivity contribution is 6.00. The summed E-state index contributed by atoms with van der Waals surface area (Å²) in [5.41, 5.74) is -0.141. The van der Waals surface area contributed by atoms with Crippen molar-refractivity contribution in [3.8, 4) is 0 Å². The fourth-order valence-corrected chi connectivity index (χ4v) is 3.60. The van der Waals surface area contributed by atoms with Crippen LogP contribution in [0.2, 0.25) is 0 Å². The highest BCUT2D eigenvalue weighted by Gasteiger charge is 2.72. The van der Waals surface area contributed by atoms with E-state index in [4.69, 9.17) is 4.84 Å². The smallest absolute Gasteiger partial charge is 0.310 e. The van der Waals surface area contributed by atoms with E-state index in [2.05, 4.69) is 12.1 Å². The Kier molecular flexibility index (Phi) is 2.14. The van der Waals surface area contributed by atoms with Crippen molar-refractivity contribution in [2.75, 3.05) is 7.11 Å². The molecule has 0 unspecified atom stereocenters. The van der Waals surface area contributed by atoms with Crippen molar-refractivity contribution in [3.63, 3.8) is 0 Å². The van der Waals surface area contributed by atoms with Crippen LogP contribution in [0.3, 0.4) is 0 Å². The quantitative estimate of drug-likeness (QED) is 0.733. The van der Waals surface area contributed by atoms with E-state index in [9.17, 15) is 9.90 Å². The zero-order valence-corrected chi connectivity index (χ0v) is 10.3. The molecule has 2 fully saturated rings. The summed E-state index contributed by atoms with van der Waals surface area (Å²) in [5, 5.41) is 13.6. The van der Waals surface area contributed by atoms with E-state index in [-0.39, 0.29) is 10.8 Å². The van der Waals surface area contributed by atoms with Gasteiger partial charge in [0.05, 0.1) is 11.1 Å². The maximum Gasteiger partial charge on any atom is 0.310 e. The Morgan fingerprint density at radius 1 is 1.38 bits per heavy atom. The molecule has 0 aromatic carbocycles. The molecule has 2 rings (SSSR count). The number of carbonyl (C=O) groups is 1. The van der Waals surface area contributed by atoms with Crippen LogP contribution in [-0.4, -0.2) is 23.9 Å². The molecular formula is C12H19NO3. The second-order valence-corrected chi connectivity index (χ2v) is 5.74. The largest absolute Gasteiger partial charge is 0.481 e. The van der Waals surface area contributed by atoms with Crippen molar-refractivity contribution < 1.29 is 14.7 Å². The van der Waals surface area contributed by atoms with Gasteiger partial charge >= 0.3 is 5.97 Å². The molecule has 0 heterocycles. The van der Waals surface area contributed by atoms with Gasteiger partial charge in [0.2, 0.25) is 0 Å². The SMILES string of the molecule is CO/N=C1/C[C@@]2(C(=O)O)CC[C@@]1(C)C2(C)C. The van der Waals surface area contributed by atoms with Gasteiger partial charge in [0.15, 0.2) is 0 Å². The topological polar surface area (TPSA) is 58.9 Å². The average Bonchev–Trinajstić information content (AvgIpc) is 2.48. The van der Waals surface area contributed by atoms with Gasteiger partial charge < -0.3 is 9.94 Å². The Labute approximate surface area is 95.7 Å². The zero-order chi connectivity index (χ0) is 12.2. The van der Waals surface area contributed by atoms with Crippen LogP contribution in [0.1, 0.15) is 40.0 Å². The van der Waals surface area contributed by atoms with E-state index in [0.29, 0.717) is 6.42 Å². The van der Waals surface area contributed by atoms with Crippen LogP contribution in [0, 0.1) is 16.2 Å². The minimum absolute atomic E-state index is 0.137. The van der Waals surface area contributed by atoms with Gasteiger partial charge in [-0.05, 0) is 18.3 Å². The van der Waals surface area contributed by atoms with Crippen molar-refractivity contribution in [1.29, 1.82) is 0 Å². The molecule has 2 aliphatic rings. The molecule has 2 atom stereocenters. The lowest BCUT2D eigenvalue weighted by molar-refractivity contribution is -0.154. The fraction of sp³-hybridized carbons (Fsp3) is 0.833. The van der Waals surface area contributed by atoms with Gasteiger partial charge in [-0.3, -0.25) is 4.79 Å². The summed E-state index contributed by atoms with van der Waals surface area (Å²) in [6.45, 7) is 6.21. The Morgan fingerprint density at radius 3 is 2.44 bits per heavy atom. The first kappa shape index (κ1) is 11.4. The molecule has 0 aromatic rings. The summed E-state index contributed by atoms with van der Waals surface area (Å²) < 4.78 is 0. The van der Waals surface area contributed by atoms with Crippen molar-refractivity contribution in [3.05, 3.63) is 0 Å². The maximum absolute atomic E-state index is 11.6. The predicted molar refractivity (Wildman–Crippen MR) is 60.3 cm³/mol. The zero-order valence-electron chi connectivity index (χ0n) is 10.3. The highest BCUT2D eigenvalue weighted by atomic mass is 16.6. The summed E-state index contributed by atoms with van der Waals surface area (Å²) in [6.07, 6.45) is 2.16. The summed E-state index contributed by atoms with van der Waals surface area (Å²) in [4.78, 5) is 16.4. The molecule has 0 amide bonds. The molecule has 2 aliphatic carbocycles. The normalized spacial score (nSPS) is 42.6. The molecule has 4 nitrogen and oxygen atoms in total. The van der Waals surface area contributed by atoms with Crippen LogP contribution in [0.25, 0.3) is 0 Å². The Morgan fingerprint density at radius 2 is 2.00 bits per heavy atom. The number of oxime groups is 1. The van der Waals surface area contributed by atoms with Crippen LogP contribution >= 0.6 is 0 Å². The molecule has 1 N–H and O–H groups in total. The molecule has 0 aromatic heterocycles. The third kappa shape index (κ3) is 0.955. The number of aliphatic carboxylic acids is 1. The summed E-state index contributed by atoms with van der Waals surface area (Å²) >= 11 is 0. The van der Waals surface area contributed by atoms with Crippen LogP contribution in [-0.2, 0) is 9.63 Å². The predicted octanol–water partition coefficient (Wildman–Crippen LogP) is 2.29. The van der Waals surface area contributed by atoms with Gasteiger partial charge in [-0.1, -0.05) is 25.9 Å². The number of fused-ring (bicyclic) bond motifs is 2. The van der Waals surface area contributed by atoms with Crippen LogP contribution in [0.4, 0.5) is 0 Å². The van der Waals surface area contributed by atoms with Crippen molar-refractivity contribution >= 4 is 11.7 Å². The van der Waals surface area contributed by atoms with Crippen LogP contribution in [0.15, 0.2) is 5.16 Å². The molecular weight excluding hydrogens is 206 g/mol. The molecule has 0 saturated heterocycles. The van der Waals surface area contributed by atoms with E-state index in [1.807, 2.05) is 13.8 Å². The minimum atomic E-state index is -0.692. The second kappa shape index (κ2) is 2.99. The van der Waals surface area contributed by atoms with Crippen molar-refractivity contribution in [2.45, 2.75) is 40.0 Å². The minimum Gasteiger partial charge on any atom is -0.481 e. The third-order valence-corrected chi connectivity index (χ3v) is 5.34. The number of rotatable bonds is 2. The Bertz CT molecular complexity index is 374. The summed E-state index contributed by atoms with van der Waals surface area (Å²) in [5.74, 6) is -0.692. The third-order valence-electron chi connectivity index (χ3n) is 5.34. The molecule has 90 valence electrons. The average molecular weight is 225 g/mol. The van der Waals surface area contributed by atoms with E-state index in [0.717, 1.165) is 18.6 Å². The lowest BCUT2D eigenvalue weighted by Gasteiger charge is -2.37. The molecule has 0 spiro atoms. The summed E-state index contributed by atoms with van der Waals surface area (Å²) in [6, 6.07) is 0. The van der Waals surface area contributed by atoms with Gasteiger partial charge in [-0.2, -0.15) is 0 Å². The van der Waals surface area contributed by atoms with Gasteiger partial charge in [0, 0.05) is 11.8 Å². The van der Waals surface area contributed by atoms with Crippen LogP contribution in [0.5, 0.6) is 0 Å². The number of carboxylic acids is 1. The van der Waals surface area contributed by atoms with Crippen molar-refractivity contribution in [1.82, 2.24) is 0 Å². The fourth-order valence-electron chi connectivity index (χ4n) is 3.60. The van der Waals surface area contributed by atoms with E-state index >= 15 is 0 Å². The Balaban J connectivity index is 2.55. The number of nitrogens with zero attached hydrogens (tertiary/aromatic N) is 1.